The van der Waals surface area contributed by atoms with Crippen molar-refractivity contribution < 1.29 is 5.21 Å². The number of benzene rings is 1. The Morgan fingerprint density at radius 1 is 1.17 bits per heavy atom. The first-order valence-corrected chi connectivity index (χ1v) is 5.58. The van der Waals surface area contributed by atoms with Crippen molar-refractivity contribution in [3.05, 3.63) is 54.2 Å². The minimum Gasteiger partial charge on any atom is -0.411 e. The van der Waals surface area contributed by atoms with Gasteiger partial charge in [-0.25, -0.2) is 4.98 Å². The zero-order valence-electron chi connectivity index (χ0n) is 9.54. The van der Waals surface area contributed by atoms with Gasteiger partial charge in [0.15, 0.2) is 0 Å². The fourth-order valence-corrected chi connectivity index (χ4v) is 1.93. The molecule has 0 spiro atoms. The number of oxime groups is 1. The highest BCUT2D eigenvalue weighted by atomic mass is 16.4. The van der Waals surface area contributed by atoms with Crippen molar-refractivity contribution in [1.82, 2.24) is 9.97 Å². The second-order valence-electron chi connectivity index (χ2n) is 3.99. The van der Waals surface area contributed by atoms with Crippen molar-refractivity contribution in [2.24, 2.45) is 5.16 Å². The third kappa shape index (κ3) is 1.84. The Labute approximate surface area is 104 Å². The van der Waals surface area contributed by atoms with Gasteiger partial charge in [-0.2, -0.15) is 0 Å². The van der Waals surface area contributed by atoms with Gasteiger partial charge in [0.05, 0.1) is 6.21 Å². The molecule has 3 aromatic rings. The van der Waals surface area contributed by atoms with Crippen LogP contribution in [0.15, 0.2) is 53.8 Å². The highest BCUT2D eigenvalue weighted by Gasteiger charge is 2.03. The number of nitrogens with zero attached hydrogens (tertiary/aromatic N) is 2. The van der Waals surface area contributed by atoms with Crippen molar-refractivity contribution >= 4 is 17.2 Å². The largest absolute Gasteiger partial charge is 0.411 e. The Morgan fingerprint density at radius 3 is 2.72 bits per heavy atom. The minimum absolute atomic E-state index is 0.857. The van der Waals surface area contributed by atoms with Crippen LogP contribution in [0, 0.1) is 0 Å². The SMILES string of the molecule is ON=Cc1ccc(-c2cc3cccnc3[nH]2)cc1. The van der Waals surface area contributed by atoms with Gasteiger partial charge in [0.1, 0.15) is 5.65 Å². The van der Waals surface area contributed by atoms with Crippen molar-refractivity contribution in [2.75, 3.05) is 0 Å². The summed E-state index contributed by atoms with van der Waals surface area (Å²) < 4.78 is 0. The molecule has 0 bridgehead atoms. The molecule has 18 heavy (non-hydrogen) atoms. The Bertz CT molecular complexity index is 665. The van der Waals surface area contributed by atoms with E-state index in [-0.39, 0.29) is 0 Å². The summed E-state index contributed by atoms with van der Waals surface area (Å²) in [5.41, 5.74) is 3.84. The number of hydrogen-bond donors (Lipinski definition) is 2. The molecule has 0 amide bonds. The van der Waals surface area contributed by atoms with Crippen molar-refractivity contribution in [1.29, 1.82) is 0 Å². The molecule has 0 aliphatic heterocycles. The summed E-state index contributed by atoms with van der Waals surface area (Å²) >= 11 is 0. The highest BCUT2D eigenvalue weighted by molar-refractivity contribution is 5.84. The summed E-state index contributed by atoms with van der Waals surface area (Å²) in [6, 6.07) is 13.7. The summed E-state index contributed by atoms with van der Waals surface area (Å²) in [5, 5.41) is 12.5. The van der Waals surface area contributed by atoms with Gasteiger partial charge in [-0.1, -0.05) is 29.4 Å². The molecule has 88 valence electrons. The van der Waals surface area contributed by atoms with Gasteiger partial charge in [-0.3, -0.25) is 0 Å². The van der Waals surface area contributed by atoms with Crippen LogP contribution in [0.3, 0.4) is 0 Å². The lowest BCUT2D eigenvalue weighted by atomic mass is 10.1. The van der Waals surface area contributed by atoms with E-state index in [2.05, 4.69) is 21.2 Å². The van der Waals surface area contributed by atoms with Crippen LogP contribution in [0.25, 0.3) is 22.3 Å². The van der Waals surface area contributed by atoms with E-state index in [0.717, 1.165) is 27.9 Å². The number of rotatable bonds is 2. The van der Waals surface area contributed by atoms with Crippen LogP contribution in [-0.2, 0) is 0 Å². The second kappa shape index (κ2) is 4.33. The lowest BCUT2D eigenvalue weighted by Gasteiger charge is -1.98. The smallest absolute Gasteiger partial charge is 0.137 e. The van der Waals surface area contributed by atoms with Gasteiger partial charge in [-0.15, -0.1) is 0 Å². The molecular weight excluding hydrogens is 226 g/mol. The van der Waals surface area contributed by atoms with Crippen LogP contribution in [-0.4, -0.2) is 21.4 Å². The Hall–Kier alpha value is -2.62. The van der Waals surface area contributed by atoms with Crippen molar-refractivity contribution in [2.45, 2.75) is 0 Å². The van der Waals surface area contributed by atoms with Crippen molar-refractivity contribution in [3.63, 3.8) is 0 Å². The van der Waals surface area contributed by atoms with E-state index in [4.69, 9.17) is 5.21 Å². The Morgan fingerprint density at radius 2 is 2.00 bits per heavy atom. The van der Waals surface area contributed by atoms with Gasteiger partial charge in [-0.05, 0) is 29.3 Å². The van der Waals surface area contributed by atoms with Crippen molar-refractivity contribution in [3.8, 4) is 11.3 Å². The molecule has 0 unspecified atom stereocenters. The number of pyridine rings is 1. The summed E-state index contributed by atoms with van der Waals surface area (Å²) in [6.07, 6.45) is 3.17. The summed E-state index contributed by atoms with van der Waals surface area (Å²) in [5.74, 6) is 0. The quantitative estimate of drug-likeness (QED) is 0.409. The number of aromatic amines is 1. The van der Waals surface area contributed by atoms with Crippen LogP contribution in [0.5, 0.6) is 0 Å². The van der Waals surface area contributed by atoms with Crippen LogP contribution < -0.4 is 0 Å². The Balaban J connectivity index is 2.03. The molecule has 1 aromatic carbocycles. The molecule has 0 saturated carbocycles. The molecule has 0 atom stereocenters. The zero-order valence-corrected chi connectivity index (χ0v) is 9.54. The van der Waals surface area contributed by atoms with Gasteiger partial charge >= 0.3 is 0 Å². The number of nitrogens with one attached hydrogen (secondary N) is 1. The summed E-state index contributed by atoms with van der Waals surface area (Å²) in [7, 11) is 0. The number of fused-ring (bicyclic) bond motifs is 1. The van der Waals surface area contributed by atoms with Gasteiger partial charge < -0.3 is 10.2 Å². The topological polar surface area (TPSA) is 61.3 Å². The van der Waals surface area contributed by atoms with Gasteiger partial charge in [0.25, 0.3) is 0 Å². The molecule has 2 aromatic heterocycles. The molecule has 0 fully saturated rings. The lowest BCUT2D eigenvalue weighted by molar-refractivity contribution is 0.322. The maximum Gasteiger partial charge on any atom is 0.137 e. The molecule has 0 saturated heterocycles. The summed E-state index contributed by atoms with van der Waals surface area (Å²) in [4.78, 5) is 7.53. The number of aromatic nitrogens is 2. The molecule has 2 N–H and O–H groups in total. The summed E-state index contributed by atoms with van der Waals surface area (Å²) in [6.45, 7) is 0. The zero-order chi connectivity index (χ0) is 12.4. The third-order valence-corrected chi connectivity index (χ3v) is 2.82. The average molecular weight is 237 g/mol. The first-order chi connectivity index (χ1) is 8.86. The van der Waals surface area contributed by atoms with E-state index >= 15 is 0 Å². The first-order valence-electron chi connectivity index (χ1n) is 5.58. The minimum atomic E-state index is 0.857. The lowest BCUT2D eigenvalue weighted by Crippen LogP contribution is -1.82. The van der Waals surface area contributed by atoms with Gasteiger partial charge in [0.2, 0.25) is 0 Å². The molecule has 3 rings (SSSR count). The Kier molecular flexibility index (Phi) is 2.53. The highest BCUT2D eigenvalue weighted by Crippen LogP contribution is 2.22. The maximum atomic E-state index is 8.46. The first kappa shape index (κ1) is 10.5. The van der Waals surface area contributed by atoms with Crippen LogP contribution >= 0.6 is 0 Å². The maximum absolute atomic E-state index is 8.46. The standard InChI is InChI=1S/C14H11N3O/c18-16-9-10-3-5-11(6-4-10)13-8-12-2-1-7-15-14(12)17-13/h1-9,18H,(H,15,17). The number of hydrogen-bond acceptors (Lipinski definition) is 3. The van der Waals surface area contributed by atoms with E-state index in [0.29, 0.717) is 0 Å². The van der Waals surface area contributed by atoms with E-state index in [1.54, 1.807) is 6.20 Å². The number of H-pyrrole nitrogens is 1. The monoisotopic (exact) mass is 237 g/mol. The molecule has 2 heterocycles. The molecule has 0 aliphatic rings. The van der Waals surface area contributed by atoms with Crippen LogP contribution in [0.2, 0.25) is 0 Å². The molecule has 0 aliphatic carbocycles. The van der Waals surface area contributed by atoms with E-state index in [1.165, 1.54) is 6.21 Å². The fourth-order valence-electron chi connectivity index (χ4n) is 1.93. The fraction of sp³-hybridized carbons (Fsp3) is 0. The molecule has 0 radical (unpaired) electrons. The van der Waals surface area contributed by atoms with Crippen LogP contribution in [0.1, 0.15) is 5.56 Å². The predicted molar refractivity (Wildman–Crippen MR) is 70.9 cm³/mol. The second-order valence-corrected chi connectivity index (χ2v) is 3.99. The average Bonchev–Trinajstić information content (AvgIpc) is 2.84. The van der Waals surface area contributed by atoms with E-state index < -0.39 is 0 Å². The van der Waals surface area contributed by atoms with Gasteiger partial charge in [0, 0.05) is 17.3 Å². The molecule has 4 heteroatoms. The molecular formula is C14H11N3O. The third-order valence-electron chi connectivity index (χ3n) is 2.82. The van der Waals surface area contributed by atoms with E-state index in [9.17, 15) is 0 Å². The normalized spacial score (nSPS) is 11.3. The van der Waals surface area contributed by atoms with E-state index in [1.807, 2.05) is 36.4 Å². The molecule has 4 nitrogen and oxygen atoms in total. The predicted octanol–water partition coefficient (Wildman–Crippen LogP) is 3.04. The van der Waals surface area contributed by atoms with Crippen LogP contribution in [0.4, 0.5) is 0 Å².